The number of anilines is 1. The highest BCUT2D eigenvalue weighted by molar-refractivity contribution is 9.10. The fourth-order valence-corrected chi connectivity index (χ4v) is 2.76. The van der Waals surface area contributed by atoms with Gasteiger partial charge in [0.05, 0.1) is 5.02 Å². The van der Waals surface area contributed by atoms with E-state index in [-0.39, 0.29) is 5.91 Å². The van der Waals surface area contributed by atoms with Crippen LogP contribution in [0.15, 0.2) is 46.9 Å². The number of halogens is 2. The zero-order chi connectivity index (χ0) is 13.4. The molecule has 2 aromatic carbocycles. The molecule has 1 aliphatic heterocycles. The van der Waals surface area contributed by atoms with Crippen molar-refractivity contribution in [3.63, 3.8) is 0 Å². The molecule has 1 aliphatic rings. The fourth-order valence-electron chi connectivity index (χ4n) is 2.33. The smallest absolute Gasteiger partial charge is 0.258 e. The molecular formula is C15H11BrClNO. The zero-order valence-electron chi connectivity index (χ0n) is 10.1. The summed E-state index contributed by atoms with van der Waals surface area (Å²) in [5.74, 6) is -0.000602. The lowest BCUT2D eigenvalue weighted by Crippen LogP contribution is -2.28. The number of carbonyl (C=O) groups is 1. The number of fused-ring (bicyclic) bond motifs is 1. The summed E-state index contributed by atoms with van der Waals surface area (Å²) in [7, 11) is 0. The Balaban J connectivity index is 1.95. The number of amides is 1. The van der Waals surface area contributed by atoms with Crippen molar-refractivity contribution in [2.75, 3.05) is 11.4 Å². The maximum absolute atomic E-state index is 12.5. The lowest BCUT2D eigenvalue weighted by molar-refractivity contribution is 0.0989. The van der Waals surface area contributed by atoms with Crippen LogP contribution in [0.2, 0.25) is 5.02 Å². The molecule has 0 saturated heterocycles. The molecule has 0 radical (unpaired) electrons. The van der Waals surface area contributed by atoms with E-state index in [1.54, 1.807) is 18.2 Å². The van der Waals surface area contributed by atoms with Gasteiger partial charge in [-0.05, 0) is 52.2 Å². The zero-order valence-corrected chi connectivity index (χ0v) is 12.4. The van der Waals surface area contributed by atoms with Crippen molar-refractivity contribution in [3.8, 4) is 0 Å². The third-order valence-corrected chi connectivity index (χ3v) is 4.53. The Morgan fingerprint density at radius 3 is 2.79 bits per heavy atom. The predicted molar refractivity (Wildman–Crippen MR) is 81.0 cm³/mol. The summed E-state index contributed by atoms with van der Waals surface area (Å²) in [6.45, 7) is 0.728. The second kappa shape index (κ2) is 4.99. The largest absolute Gasteiger partial charge is 0.308 e. The number of benzene rings is 2. The van der Waals surface area contributed by atoms with Gasteiger partial charge in [-0.3, -0.25) is 4.79 Å². The van der Waals surface area contributed by atoms with Crippen LogP contribution in [0.3, 0.4) is 0 Å². The first-order chi connectivity index (χ1) is 9.16. The highest BCUT2D eigenvalue weighted by atomic mass is 79.9. The van der Waals surface area contributed by atoms with E-state index in [4.69, 9.17) is 11.6 Å². The average Bonchev–Trinajstić information content (AvgIpc) is 2.85. The van der Waals surface area contributed by atoms with Crippen LogP contribution in [0.5, 0.6) is 0 Å². The highest BCUT2D eigenvalue weighted by Gasteiger charge is 2.25. The number of hydrogen-bond acceptors (Lipinski definition) is 1. The van der Waals surface area contributed by atoms with Gasteiger partial charge in [-0.1, -0.05) is 29.8 Å². The Hall–Kier alpha value is -1.32. The van der Waals surface area contributed by atoms with Crippen LogP contribution in [-0.4, -0.2) is 12.5 Å². The van der Waals surface area contributed by atoms with Gasteiger partial charge in [0.1, 0.15) is 0 Å². The third-order valence-electron chi connectivity index (χ3n) is 3.30. The molecule has 0 aromatic heterocycles. The first-order valence-corrected chi connectivity index (χ1v) is 7.19. The second-order valence-corrected chi connectivity index (χ2v) is 5.73. The van der Waals surface area contributed by atoms with E-state index in [0.29, 0.717) is 10.6 Å². The molecule has 0 fully saturated rings. The second-order valence-electron chi connectivity index (χ2n) is 4.46. The van der Waals surface area contributed by atoms with Gasteiger partial charge >= 0.3 is 0 Å². The lowest BCUT2D eigenvalue weighted by atomic mass is 10.1. The summed E-state index contributed by atoms with van der Waals surface area (Å²) in [6, 6.07) is 13.3. The van der Waals surface area contributed by atoms with Gasteiger partial charge in [-0.15, -0.1) is 0 Å². The van der Waals surface area contributed by atoms with Gasteiger partial charge in [0.15, 0.2) is 0 Å². The Kier molecular flexibility index (Phi) is 3.33. The Bertz CT molecular complexity index is 656. The van der Waals surface area contributed by atoms with Gasteiger partial charge in [-0.2, -0.15) is 0 Å². The minimum Gasteiger partial charge on any atom is -0.308 e. The molecule has 2 aromatic rings. The Morgan fingerprint density at radius 1 is 1.21 bits per heavy atom. The summed E-state index contributed by atoms with van der Waals surface area (Å²) in [5, 5.41) is 0.554. The van der Waals surface area contributed by atoms with E-state index in [2.05, 4.69) is 22.0 Å². The molecule has 0 N–H and O–H groups in total. The quantitative estimate of drug-likeness (QED) is 0.760. The summed E-state index contributed by atoms with van der Waals surface area (Å²) in [6.07, 6.45) is 0.909. The van der Waals surface area contributed by atoms with E-state index < -0.39 is 0 Å². The van der Waals surface area contributed by atoms with Crippen molar-refractivity contribution < 1.29 is 4.79 Å². The molecule has 1 heterocycles. The average molecular weight is 337 g/mol. The van der Waals surface area contributed by atoms with E-state index in [1.165, 1.54) is 5.56 Å². The third kappa shape index (κ3) is 2.28. The van der Waals surface area contributed by atoms with Gasteiger partial charge in [0, 0.05) is 22.3 Å². The molecule has 1 amide bonds. The van der Waals surface area contributed by atoms with Gasteiger partial charge in [0.25, 0.3) is 5.91 Å². The molecule has 0 unspecified atom stereocenters. The number of para-hydroxylation sites is 1. The van der Waals surface area contributed by atoms with Crippen molar-refractivity contribution in [3.05, 3.63) is 63.1 Å². The monoisotopic (exact) mass is 335 g/mol. The van der Waals surface area contributed by atoms with Crippen molar-refractivity contribution in [1.82, 2.24) is 0 Å². The van der Waals surface area contributed by atoms with Crippen molar-refractivity contribution in [1.29, 1.82) is 0 Å². The van der Waals surface area contributed by atoms with Gasteiger partial charge < -0.3 is 4.90 Å². The lowest BCUT2D eigenvalue weighted by Gasteiger charge is -2.17. The van der Waals surface area contributed by atoms with Crippen LogP contribution < -0.4 is 4.90 Å². The SMILES string of the molecule is O=C(c1ccc(Br)c(Cl)c1)N1CCc2ccccc21. The standard InChI is InChI=1S/C15H11BrClNO/c16-12-6-5-11(9-13(12)17)15(19)18-8-7-10-3-1-2-4-14(10)18/h1-6,9H,7-8H2. The van der Waals surface area contributed by atoms with Gasteiger partial charge in [-0.25, -0.2) is 0 Å². The summed E-state index contributed by atoms with van der Waals surface area (Å²) in [5.41, 5.74) is 2.84. The summed E-state index contributed by atoms with van der Waals surface area (Å²) < 4.78 is 0.799. The van der Waals surface area contributed by atoms with Crippen LogP contribution in [0.4, 0.5) is 5.69 Å². The molecule has 0 atom stereocenters. The first-order valence-electron chi connectivity index (χ1n) is 6.01. The van der Waals surface area contributed by atoms with Crippen LogP contribution in [0.1, 0.15) is 15.9 Å². The summed E-state index contributed by atoms with van der Waals surface area (Å²) >= 11 is 9.38. The minimum absolute atomic E-state index is 0.000602. The number of rotatable bonds is 1. The molecule has 0 saturated carbocycles. The molecule has 4 heteroatoms. The van der Waals surface area contributed by atoms with Crippen LogP contribution in [0.25, 0.3) is 0 Å². The topological polar surface area (TPSA) is 20.3 Å². The Morgan fingerprint density at radius 2 is 2.00 bits per heavy atom. The number of nitrogens with zero attached hydrogens (tertiary/aromatic N) is 1. The molecule has 3 rings (SSSR count). The molecule has 0 bridgehead atoms. The van der Waals surface area contributed by atoms with Crippen molar-refractivity contribution in [2.45, 2.75) is 6.42 Å². The van der Waals surface area contributed by atoms with Crippen LogP contribution in [-0.2, 0) is 6.42 Å². The van der Waals surface area contributed by atoms with Crippen molar-refractivity contribution >= 4 is 39.1 Å². The Labute approximate surface area is 125 Å². The maximum atomic E-state index is 12.5. The molecule has 96 valence electrons. The highest BCUT2D eigenvalue weighted by Crippen LogP contribution is 2.30. The van der Waals surface area contributed by atoms with E-state index >= 15 is 0 Å². The van der Waals surface area contributed by atoms with Crippen molar-refractivity contribution in [2.24, 2.45) is 0 Å². The molecule has 19 heavy (non-hydrogen) atoms. The normalized spacial score (nSPS) is 13.5. The first kappa shape index (κ1) is 12.7. The minimum atomic E-state index is -0.000602. The van der Waals surface area contributed by atoms with E-state index in [1.807, 2.05) is 23.1 Å². The number of carbonyl (C=O) groups excluding carboxylic acids is 1. The molecule has 0 aliphatic carbocycles. The van der Waals surface area contributed by atoms with E-state index in [0.717, 1.165) is 23.1 Å². The molecular weight excluding hydrogens is 326 g/mol. The van der Waals surface area contributed by atoms with E-state index in [9.17, 15) is 4.79 Å². The summed E-state index contributed by atoms with van der Waals surface area (Å²) in [4.78, 5) is 14.3. The predicted octanol–water partition coefficient (Wildman–Crippen LogP) is 4.31. The van der Waals surface area contributed by atoms with Crippen LogP contribution in [0, 0.1) is 0 Å². The maximum Gasteiger partial charge on any atom is 0.258 e. The molecule has 0 spiro atoms. The van der Waals surface area contributed by atoms with Crippen LogP contribution >= 0.6 is 27.5 Å². The fraction of sp³-hybridized carbons (Fsp3) is 0.133. The molecule has 2 nitrogen and oxygen atoms in total. The van der Waals surface area contributed by atoms with Gasteiger partial charge in [0.2, 0.25) is 0 Å². The number of hydrogen-bond donors (Lipinski definition) is 0.